The van der Waals surface area contributed by atoms with Crippen LogP contribution in [0.15, 0.2) is 42.5 Å². The van der Waals surface area contributed by atoms with E-state index in [1.54, 1.807) is 6.07 Å². The Labute approximate surface area is 141 Å². The molecule has 2 heterocycles. The van der Waals surface area contributed by atoms with E-state index in [4.69, 9.17) is 9.47 Å². The molecular formula is C19H20N2O3. The van der Waals surface area contributed by atoms with E-state index in [9.17, 15) is 4.79 Å². The van der Waals surface area contributed by atoms with Crippen LogP contribution in [0.2, 0.25) is 0 Å². The molecular weight excluding hydrogens is 304 g/mol. The highest BCUT2D eigenvalue weighted by molar-refractivity contribution is 5.92. The smallest absolute Gasteiger partial charge is 0.231 e. The molecule has 0 atom stereocenters. The summed E-state index contributed by atoms with van der Waals surface area (Å²) in [6.45, 7) is 2.49. The number of rotatable bonds is 4. The fraction of sp³-hybridized carbons (Fsp3) is 0.316. The van der Waals surface area contributed by atoms with Gasteiger partial charge in [-0.2, -0.15) is 0 Å². The van der Waals surface area contributed by atoms with Gasteiger partial charge in [0.05, 0.1) is 6.42 Å². The number of hydrogen-bond donors (Lipinski definition) is 1. The SMILES string of the molecule is O=C(Cc1ccc(N2CCCC2)cc1)Nc1ccc2c(c1)OCO2. The number of hydrogen-bond acceptors (Lipinski definition) is 4. The van der Waals surface area contributed by atoms with Gasteiger partial charge in [0.15, 0.2) is 11.5 Å². The van der Waals surface area contributed by atoms with Gasteiger partial charge in [-0.15, -0.1) is 0 Å². The number of amides is 1. The zero-order valence-corrected chi connectivity index (χ0v) is 13.5. The predicted octanol–water partition coefficient (Wildman–Crippen LogP) is 3.20. The van der Waals surface area contributed by atoms with Crippen molar-refractivity contribution in [3.63, 3.8) is 0 Å². The van der Waals surface area contributed by atoms with Crippen molar-refractivity contribution in [2.24, 2.45) is 0 Å². The minimum atomic E-state index is -0.0391. The summed E-state index contributed by atoms with van der Waals surface area (Å²) in [6, 6.07) is 13.7. The third-order valence-electron chi connectivity index (χ3n) is 4.43. The summed E-state index contributed by atoms with van der Waals surface area (Å²) in [5.41, 5.74) is 2.97. The maximum Gasteiger partial charge on any atom is 0.231 e. The third-order valence-corrected chi connectivity index (χ3v) is 4.43. The molecule has 24 heavy (non-hydrogen) atoms. The lowest BCUT2D eigenvalue weighted by molar-refractivity contribution is -0.115. The molecule has 124 valence electrons. The zero-order chi connectivity index (χ0) is 16.4. The lowest BCUT2D eigenvalue weighted by Crippen LogP contribution is -2.17. The summed E-state index contributed by atoms with van der Waals surface area (Å²) in [6.07, 6.45) is 2.88. The van der Waals surface area contributed by atoms with Crippen molar-refractivity contribution in [2.75, 3.05) is 30.1 Å². The largest absolute Gasteiger partial charge is 0.454 e. The van der Waals surface area contributed by atoms with Crippen LogP contribution in [0.3, 0.4) is 0 Å². The fourth-order valence-corrected chi connectivity index (χ4v) is 3.16. The van der Waals surface area contributed by atoms with Gasteiger partial charge in [-0.1, -0.05) is 12.1 Å². The van der Waals surface area contributed by atoms with Crippen LogP contribution >= 0.6 is 0 Å². The van der Waals surface area contributed by atoms with Crippen molar-refractivity contribution in [3.05, 3.63) is 48.0 Å². The molecule has 1 N–H and O–H groups in total. The van der Waals surface area contributed by atoms with Gasteiger partial charge in [0.2, 0.25) is 12.7 Å². The maximum absolute atomic E-state index is 12.2. The molecule has 0 aromatic heterocycles. The van der Waals surface area contributed by atoms with Crippen LogP contribution in [0.25, 0.3) is 0 Å². The second kappa shape index (κ2) is 6.43. The third kappa shape index (κ3) is 3.15. The second-order valence-electron chi connectivity index (χ2n) is 6.15. The summed E-state index contributed by atoms with van der Waals surface area (Å²) in [7, 11) is 0. The number of nitrogens with zero attached hydrogens (tertiary/aromatic N) is 1. The van der Waals surface area contributed by atoms with E-state index in [1.807, 2.05) is 24.3 Å². The Balaban J connectivity index is 1.37. The van der Waals surface area contributed by atoms with Gasteiger partial charge >= 0.3 is 0 Å². The van der Waals surface area contributed by atoms with Crippen LogP contribution in [0.5, 0.6) is 11.5 Å². The average Bonchev–Trinajstić information content (AvgIpc) is 3.26. The van der Waals surface area contributed by atoms with Crippen LogP contribution in [0.4, 0.5) is 11.4 Å². The number of carbonyl (C=O) groups is 1. The van der Waals surface area contributed by atoms with E-state index >= 15 is 0 Å². The molecule has 0 aliphatic carbocycles. The van der Waals surface area contributed by atoms with E-state index < -0.39 is 0 Å². The Hall–Kier alpha value is -2.69. The highest BCUT2D eigenvalue weighted by Gasteiger charge is 2.15. The summed E-state index contributed by atoms with van der Waals surface area (Å²) < 4.78 is 10.6. The zero-order valence-electron chi connectivity index (χ0n) is 13.5. The Morgan fingerprint density at radius 1 is 1.00 bits per heavy atom. The molecule has 5 nitrogen and oxygen atoms in total. The van der Waals surface area contributed by atoms with E-state index in [0.29, 0.717) is 17.9 Å². The molecule has 0 bridgehead atoms. The van der Waals surface area contributed by atoms with E-state index in [1.165, 1.54) is 18.5 Å². The summed E-state index contributed by atoms with van der Waals surface area (Å²) in [5, 5.41) is 2.90. The monoisotopic (exact) mass is 324 g/mol. The lowest BCUT2D eigenvalue weighted by Gasteiger charge is -2.17. The lowest BCUT2D eigenvalue weighted by atomic mass is 10.1. The molecule has 2 aliphatic heterocycles. The van der Waals surface area contributed by atoms with Crippen molar-refractivity contribution < 1.29 is 14.3 Å². The van der Waals surface area contributed by atoms with E-state index in [2.05, 4.69) is 22.3 Å². The Morgan fingerprint density at radius 3 is 2.54 bits per heavy atom. The highest BCUT2D eigenvalue weighted by Crippen LogP contribution is 2.34. The molecule has 1 amide bonds. The Morgan fingerprint density at radius 2 is 1.75 bits per heavy atom. The highest BCUT2D eigenvalue weighted by atomic mass is 16.7. The number of carbonyl (C=O) groups excluding carboxylic acids is 1. The van der Waals surface area contributed by atoms with Gasteiger partial charge in [-0.3, -0.25) is 4.79 Å². The molecule has 0 saturated carbocycles. The molecule has 1 saturated heterocycles. The Bertz CT molecular complexity index is 737. The second-order valence-corrected chi connectivity index (χ2v) is 6.15. The first-order valence-electron chi connectivity index (χ1n) is 8.31. The summed E-state index contributed by atoms with van der Waals surface area (Å²) in [5.74, 6) is 1.34. The van der Waals surface area contributed by atoms with Crippen molar-refractivity contribution in [3.8, 4) is 11.5 Å². The number of fused-ring (bicyclic) bond motifs is 1. The number of ether oxygens (including phenoxy) is 2. The minimum absolute atomic E-state index is 0.0391. The van der Waals surface area contributed by atoms with Crippen molar-refractivity contribution in [1.82, 2.24) is 0 Å². The molecule has 2 aliphatic rings. The minimum Gasteiger partial charge on any atom is -0.454 e. The van der Waals surface area contributed by atoms with E-state index in [-0.39, 0.29) is 12.7 Å². The van der Waals surface area contributed by atoms with E-state index in [0.717, 1.165) is 24.3 Å². The number of anilines is 2. The molecule has 0 spiro atoms. The molecule has 0 radical (unpaired) electrons. The van der Waals surface area contributed by atoms with Gasteiger partial charge in [0.1, 0.15) is 0 Å². The van der Waals surface area contributed by atoms with Crippen LogP contribution in [-0.2, 0) is 11.2 Å². The number of benzene rings is 2. The predicted molar refractivity (Wildman–Crippen MR) is 92.8 cm³/mol. The first-order chi connectivity index (χ1) is 11.8. The van der Waals surface area contributed by atoms with Crippen molar-refractivity contribution in [2.45, 2.75) is 19.3 Å². The standard InChI is InChI=1S/C19H20N2O3/c22-19(20-15-5-8-17-18(12-15)24-13-23-17)11-14-3-6-16(7-4-14)21-9-1-2-10-21/h3-8,12H,1-2,9-11,13H2,(H,20,22). The van der Waals surface area contributed by atoms with Crippen molar-refractivity contribution >= 4 is 17.3 Å². The first-order valence-corrected chi connectivity index (χ1v) is 8.31. The van der Waals surface area contributed by atoms with Crippen LogP contribution < -0.4 is 19.7 Å². The van der Waals surface area contributed by atoms with Crippen LogP contribution in [-0.4, -0.2) is 25.8 Å². The number of nitrogens with one attached hydrogen (secondary N) is 1. The van der Waals surface area contributed by atoms with Crippen LogP contribution in [0.1, 0.15) is 18.4 Å². The van der Waals surface area contributed by atoms with Gasteiger partial charge < -0.3 is 19.7 Å². The first kappa shape index (κ1) is 14.9. The topological polar surface area (TPSA) is 50.8 Å². The van der Waals surface area contributed by atoms with Gasteiger partial charge in [0.25, 0.3) is 0 Å². The summed E-state index contributed by atoms with van der Waals surface area (Å²) in [4.78, 5) is 14.6. The fourth-order valence-electron chi connectivity index (χ4n) is 3.16. The molecule has 1 fully saturated rings. The summed E-state index contributed by atoms with van der Waals surface area (Å²) >= 11 is 0. The molecule has 5 heteroatoms. The molecule has 2 aromatic rings. The van der Waals surface area contributed by atoms with Crippen molar-refractivity contribution in [1.29, 1.82) is 0 Å². The average molecular weight is 324 g/mol. The van der Waals surface area contributed by atoms with Gasteiger partial charge in [-0.25, -0.2) is 0 Å². The maximum atomic E-state index is 12.2. The van der Waals surface area contributed by atoms with Crippen LogP contribution in [0, 0.1) is 0 Å². The molecule has 4 rings (SSSR count). The van der Waals surface area contributed by atoms with Gasteiger partial charge in [-0.05, 0) is 42.7 Å². The Kier molecular flexibility index (Phi) is 3.99. The molecule has 2 aromatic carbocycles. The van der Waals surface area contributed by atoms with Gasteiger partial charge in [0, 0.05) is 30.5 Å². The normalized spacial score (nSPS) is 15.6. The molecule has 0 unspecified atom stereocenters. The quantitative estimate of drug-likeness (QED) is 0.938.